The fourth-order valence-corrected chi connectivity index (χ4v) is 3.34. The molecule has 4 heteroatoms. The Morgan fingerprint density at radius 2 is 2.29 bits per heavy atom. The molecule has 1 saturated carbocycles. The Hall–Kier alpha value is -0.870. The first kappa shape index (κ1) is 12.6. The summed E-state index contributed by atoms with van der Waals surface area (Å²) in [6.07, 6.45) is 2.55. The number of amides is 1. The van der Waals surface area contributed by atoms with Crippen LogP contribution in [0.25, 0.3) is 0 Å². The molecule has 17 heavy (non-hydrogen) atoms. The van der Waals surface area contributed by atoms with E-state index in [1.165, 1.54) is 4.88 Å². The van der Waals surface area contributed by atoms with Crippen molar-refractivity contribution in [2.75, 3.05) is 6.54 Å². The summed E-state index contributed by atoms with van der Waals surface area (Å²) in [6, 6.07) is 1.94. The van der Waals surface area contributed by atoms with E-state index < -0.39 is 0 Å². The Balaban J connectivity index is 1.87. The van der Waals surface area contributed by atoms with Gasteiger partial charge < -0.3 is 10.4 Å². The second kappa shape index (κ2) is 5.19. The molecule has 0 aromatic carbocycles. The molecule has 1 aromatic heterocycles. The first-order valence-electron chi connectivity index (χ1n) is 6.09. The molecule has 2 N–H and O–H groups in total. The van der Waals surface area contributed by atoms with Gasteiger partial charge in [0.2, 0.25) is 0 Å². The van der Waals surface area contributed by atoms with Crippen LogP contribution in [0.5, 0.6) is 0 Å². The molecule has 1 amide bonds. The van der Waals surface area contributed by atoms with Crippen LogP contribution in [-0.4, -0.2) is 23.7 Å². The van der Waals surface area contributed by atoms with Crippen molar-refractivity contribution in [1.82, 2.24) is 5.32 Å². The molecule has 94 valence electrons. The number of rotatable bonds is 3. The summed E-state index contributed by atoms with van der Waals surface area (Å²) in [6.45, 7) is 4.68. The Labute approximate surface area is 106 Å². The van der Waals surface area contributed by atoms with Crippen molar-refractivity contribution in [1.29, 1.82) is 0 Å². The largest absolute Gasteiger partial charge is 0.393 e. The summed E-state index contributed by atoms with van der Waals surface area (Å²) in [7, 11) is 0. The van der Waals surface area contributed by atoms with Gasteiger partial charge in [-0.1, -0.05) is 0 Å². The predicted octanol–water partition coefficient (Wildman–Crippen LogP) is 2.26. The standard InChI is InChI=1S/C13H19NO2S/c1-8-5-12(9(2)17-8)13(16)14-7-10-3-4-11(15)6-10/h5,10-11,15H,3-4,6-7H2,1-2H3,(H,14,16). The molecule has 1 aliphatic carbocycles. The number of hydrogen-bond acceptors (Lipinski definition) is 3. The number of aliphatic hydroxyl groups excluding tert-OH is 1. The first-order valence-corrected chi connectivity index (χ1v) is 6.91. The summed E-state index contributed by atoms with van der Waals surface area (Å²) in [5.41, 5.74) is 0.797. The van der Waals surface area contributed by atoms with Crippen LogP contribution < -0.4 is 5.32 Å². The highest BCUT2D eigenvalue weighted by molar-refractivity contribution is 7.12. The molecule has 0 bridgehead atoms. The molecule has 1 fully saturated rings. The molecule has 1 aliphatic rings. The zero-order chi connectivity index (χ0) is 12.4. The third kappa shape index (κ3) is 3.07. The maximum Gasteiger partial charge on any atom is 0.252 e. The average molecular weight is 253 g/mol. The van der Waals surface area contributed by atoms with E-state index in [0.29, 0.717) is 12.5 Å². The SMILES string of the molecule is Cc1cc(C(=O)NCC2CCC(O)C2)c(C)s1. The molecule has 2 atom stereocenters. The monoisotopic (exact) mass is 253 g/mol. The molecule has 0 saturated heterocycles. The fourth-order valence-electron chi connectivity index (χ4n) is 2.42. The van der Waals surface area contributed by atoms with Gasteiger partial charge in [0.25, 0.3) is 5.91 Å². The Kier molecular flexibility index (Phi) is 3.84. The van der Waals surface area contributed by atoms with Crippen molar-refractivity contribution in [3.8, 4) is 0 Å². The zero-order valence-corrected chi connectivity index (χ0v) is 11.1. The van der Waals surface area contributed by atoms with Crippen LogP contribution in [0.1, 0.15) is 39.4 Å². The van der Waals surface area contributed by atoms with E-state index in [2.05, 4.69) is 5.32 Å². The summed E-state index contributed by atoms with van der Waals surface area (Å²) in [5.74, 6) is 0.460. The van der Waals surface area contributed by atoms with Gasteiger partial charge in [-0.15, -0.1) is 11.3 Å². The van der Waals surface area contributed by atoms with E-state index in [1.54, 1.807) is 11.3 Å². The molecule has 0 aliphatic heterocycles. The summed E-state index contributed by atoms with van der Waals surface area (Å²) >= 11 is 1.66. The van der Waals surface area contributed by atoms with Gasteiger partial charge in [-0.05, 0) is 45.1 Å². The second-order valence-corrected chi connectivity index (χ2v) is 6.33. The average Bonchev–Trinajstić information content (AvgIpc) is 2.81. The van der Waals surface area contributed by atoms with Gasteiger partial charge in [0.1, 0.15) is 0 Å². The topological polar surface area (TPSA) is 49.3 Å². The van der Waals surface area contributed by atoms with E-state index in [9.17, 15) is 9.90 Å². The number of aliphatic hydroxyl groups is 1. The van der Waals surface area contributed by atoms with E-state index in [4.69, 9.17) is 0 Å². The van der Waals surface area contributed by atoms with Gasteiger partial charge in [-0.2, -0.15) is 0 Å². The minimum absolute atomic E-state index is 0.0215. The molecule has 1 aromatic rings. The van der Waals surface area contributed by atoms with Crippen molar-refractivity contribution in [3.63, 3.8) is 0 Å². The third-order valence-corrected chi connectivity index (χ3v) is 4.32. The van der Waals surface area contributed by atoms with Gasteiger partial charge in [-0.3, -0.25) is 4.79 Å². The molecule has 3 nitrogen and oxygen atoms in total. The van der Waals surface area contributed by atoms with E-state index in [0.717, 1.165) is 29.7 Å². The van der Waals surface area contributed by atoms with Crippen LogP contribution in [-0.2, 0) is 0 Å². The lowest BCUT2D eigenvalue weighted by molar-refractivity contribution is 0.0945. The molecular weight excluding hydrogens is 234 g/mol. The molecule has 0 radical (unpaired) electrons. The van der Waals surface area contributed by atoms with Crippen LogP contribution in [0.4, 0.5) is 0 Å². The van der Waals surface area contributed by atoms with Crippen LogP contribution in [0.15, 0.2) is 6.07 Å². The molecular formula is C13H19NO2S. The molecule has 2 unspecified atom stereocenters. The van der Waals surface area contributed by atoms with E-state index in [1.807, 2.05) is 19.9 Å². The lowest BCUT2D eigenvalue weighted by atomic mass is 10.1. The van der Waals surface area contributed by atoms with Gasteiger partial charge >= 0.3 is 0 Å². The van der Waals surface area contributed by atoms with Gasteiger partial charge in [0.05, 0.1) is 11.7 Å². The Morgan fingerprint density at radius 1 is 1.53 bits per heavy atom. The van der Waals surface area contributed by atoms with Gasteiger partial charge in [-0.25, -0.2) is 0 Å². The number of carbonyl (C=O) groups excluding carboxylic acids is 1. The lowest BCUT2D eigenvalue weighted by Gasteiger charge is -2.10. The minimum atomic E-state index is -0.165. The van der Waals surface area contributed by atoms with Gasteiger partial charge in [0.15, 0.2) is 0 Å². The summed E-state index contributed by atoms with van der Waals surface area (Å²) < 4.78 is 0. The third-order valence-electron chi connectivity index (χ3n) is 3.35. The van der Waals surface area contributed by atoms with E-state index in [-0.39, 0.29) is 12.0 Å². The predicted molar refractivity (Wildman–Crippen MR) is 69.5 cm³/mol. The van der Waals surface area contributed by atoms with Crippen molar-refractivity contribution >= 4 is 17.2 Å². The Morgan fingerprint density at radius 3 is 2.82 bits per heavy atom. The van der Waals surface area contributed by atoms with Crippen LogP contribution >= 0.6 is 11.3 Å². The molecule has 0 spiro atoms. The molecule has 1 heterocycles. The number of aryl methyl sites for hydroxylation is 2. The minimum Gasteiger partial charge on any atom is -0.393 e. The smallest absolute Gasteiger partial charge is 0.252 e. The van der Waals surface area contributed by atoms with Crippen LogP contribution in [0.2, 0.25) is 0 Å². The molecule has 2 rings (SSSR count). The first-order chi connectivity index (χ1) is 8.06. The van der Waals surface area contributed by atoms with Crippen molar-refractivity contribution in [2.24, 2.45) is 5.92 Å². The highest BCUT2D eigenvalue weighted by atomic mass is 32.1. The number of thiophene rings is 1. The lowest BCUT2D eigenvalue weighted by Crippen LogP contribution is -2.28. The quantitative estimate of drug-likeness (QED) is 0.868. The highest BCUT2D eigenvalue weighted by Crippen LogP contribution is 2.25. The highest BCUT2D eigenvalue weighted by Gasteiger charge is 2.23. The van der Waals surface area contributed by atoms with E-state index >= 15 is 0 Å². The second-order valence-electron chi connectivity index (χ2n) is 4.87. The van der Waals surface area contributed by atoms with Crippen molar-refractivity contribution < 1.29 is 9.90 Å². The number of nitrogens with one attached hydrogen (secondary N) is 1. The summed E-state index contributed by atoms with van der Waals surface area (Å²) in [5, 5.41) is 12.4. The normalized spacial score (nSPS) is 23.9. The maximum atomic E-state index is 12.0. The van der Waals surface area contributed by atoms with Crippen molar-refractivity contribution in [3.05, 3.63) is 21.4 Å². The maximum absolute atomic E-state index is 12.0. The number of hydrogen-bond donors (Lipinski definition) is 2. The Bertz CT molecular complexity index is 414. The van der Waals surface area contributed by atoms with Crippen LogP contribution in [0, 0.1) is 19.8 Å². The zero-order valence-electron chi connectivity index (χ0n) is 10.3. The van der Waals surface area contributed by atoms with Gasteiger partial charge in [0, 0.05) is 16.3 Å². The summed E-state index contributed by atoms with van der Waals surface area (Å²) in [4.78, 5) is 14.2. The van der Waals surface area contributed by atoms with Crippen molar-refractivity contribution in [2.45, 2.75) is 39.2 Å². The van der Waals surface area contributed by atoms with Crippen LogP contribution in [0.3, 0.4) is 0 Å². The number of carbonyl (C=O) groups is 1. The fraction of sp³-hybridized carbons (Fsp3) is 0.615.